The summed E-state index contributed by atoms with van der Waals surface area (Å²) in [4.78, 5) is 83.2. The number of aliphatic hydroxyl groups is 3. The summed E-state index contributed by atoms with van der Waals surface area (Å²) in [6.07, 6.45) is -4.02. The van der Waals surface area contributed by atoms with Crippen LogP contribution in [-0.4, -0.2) is 158 Å². The summed E-state index contributed by atoms with van der Waals surface area (Å²) in [6.45, 7) is 6.42. The number of H-pyrrole nitrogens is 1. The standard InChI is InChI=1S/C51H69N13O14/c1-2-3-22-74-49-57-44(52)39-46(58-49)64(50(72)56-39)27-31-10-8-30(9-11-31)26-61-18-15-33(16-19-61)45-60-59-36-28-62(20-21-63(36)45)51(73)75-29-32-12-13-35(77-48-42(69)40(67)41(68)43(78-48)47(70)71)34(24-32)25-55-38(66)14-17-54-37(65)7-5-4-6-23-76-53/h8-13,24,33,40-43,48,67-69H,2-7,14-23,25-29,53H2,1H3,(H,54,65)(H,55,66)(H,56,72)(H,70,71)(H2,52,57,58)/t40-,41-,42+,43-,48+/m0/s1. The van der Waals surface area contributed by atoms with E-state index in [4.69, 9.17) is 30.6 Å². The maximum absolute atomic E-state index is 13.5. The predicted molar refractivity (Wildman–Crippen MR) is 276 cm³/mol. The number of imidazole rings is 1. The topological polar surface area (TPSA) is 372 Å². The van der Waals surface area contributed by atoms with Crippen LogP contribution in [0.5, 0.6) is 11.8 Å². The number of unbranched alkanes of at least 4 members (excludes halogenated alkanes) is 3. The average Bonchev–Trinajstić information content (AvgIpc) is 4.09. The number of carboxylic acids is 1. The van der Waals surface area contributed by atoms with Crippen LogP contribution in [-0.2, 0) is 68.0 Å². The summed E-state index contributed by atoms with van der Waals surface area (Å²) in [5.74, 6) is 4.72. The molecule has 2 aromatic carbocycles. The number of aliphatic hydroxyl groups excluding tert-OH is 3. The SMILES string of the molecule is CCCCOc1nc(N)c2[nH]c(=O)n(Cc3ccc(CN4CCC(c5nnc6n5CCN(C(=O)OCc5ccc(O[C@@H]7O[C@H](C(=O)O)[C@@H](O)[C@H](O)[C@H]7O)c(CNC(=O)CCNC(=O)CCCCCON)c5)C6)CC4)cc3)c2n1. The first kappa shape index (κ1) is 56.9. The third-order valence-electron chi connectivity index (χ3n) is 14.0. The first-order chi connectivity index (χ1) is 37.7. The third-order valence-corrected chi connectivity index (χ3v) is 14.0. The van der Waals surface area contributed by atoms with Crippen molar-refractivity contribution in [2.24, 2.45) is 5.90 Å². The summed E-state index contributed by atoms with van der Waals surface area (Å²) in [5.41, 5.74) is 9.44. The van der Waals surface area contributed by atoms with Gasteiger partial charge in [0, 0.05) is 57.0 Å². The molecule has 422 valence electrons. The third kappa shape index (κ3) is 14.4. The molecule has 27 nitrogen and oxygen atoms in total. The Morgan fingerprint density at radius 2 is 1.59 bits per heavy atom. The molecule has 6 heterocycles. The van der Waals surface area contributed by atoms with E-state index in [0.29, 0.717) is 67.4 Å². The van der Waals surface area contributed by atoms with Gasteiger partial charge in [0.15, 0.2) is 23.4 Å². The number of benzene rings is 2. The number of hydrogen-bond acceptors (Lipinski definition) is 20. The molecule has 8 rings (SSSR count). The van der Waals surface area contributed by atoms with E-state index in [-0.39, 0.29) is 74.2 Å². The number of ether oxygens (including phenoxy) is 4. The number of likely N-dealkylation sites (tertiary alicyclic amines) is 1. The fourth-order valence-electron chi connectivity index (χ4n) is 9.55. The number of aromatic nitrogens is 7. The molecular weight excluding hydrogens is 1020 g/mol. The second-order valence-corrected chi connectivity index (χ2v) is 19.6. The van der Waals surface area contributed by atoms with Gasteiger partial charge < -0.3 is 70.1 Å². The van der Waals surface area contributed by atoms with Gasteiger partial charge in [-0.2, -0.15) is 9.97 Å². The van der Waals surface area contributed by atoms with Gasteiger partial charge in [-0.15, -0.1) is 10.2 Å². The van der Waals surface area contributed by atoms with Crippen LogP contribution in [0.25, 0.3) is 11.2 Å². The molecule has 2 saturated heterocycles. The van der Waals surface area contributed by atoms with Crippen molar-refractivity contribution in [1.82, 2.24) is 54.7 Å². The zero-order chi connectivity index (χ0) is 55.3. The Hall–Kier alpha value is -7.27. The number of aliphatic carboxylic acids is 1. The monoisotopic (exact) mass is 1090 g/mol. The lowest BCUT2D eigenvalue weighted by Gasteiger charge is -2.38. The van der Waals surface area contributed by atoms with Crippen molar-refractivity contribution in [3.8, 4) is 11.8 Å². The average molecular weight is 1090 g/mol. The number of nitrogen functional groups attached to an aromatic ring is 1. The molecule has 2 fully saturated rings. The molecule has 5 atom stereocenters. The van der Waals surface area contributed by atoms with Gasteiger partial charge in [-0.3, -0.25) is 24.0 Å². The molecule has 0 aliphatic carbocycles. The molecule has 5 aromatic rings. The first-order valence-electron chi connectivity index (χ1n) is 26.3. The van der Waals surface area contributed by atoms with Gasteiger partial charge in [0.2, 0.25) is 18.1 Å². The Labute approximate surface area is 448 Å². The van der Waals surface area contributed by atoms with E-state index in [1.54, 1.807) is 17.0 Å². The summed E-state index contributed by atoms with van der Waals surface area (Å²) in [7, 11) is 0. The number of piperidine rings is 1. The van der Waals surface area contributed by atoms with Crippen molar-refractivity contribution in [1.29, 1.82) is 0 Å². The molecule has 3 amide bonds. The molecule has 0 saturated carbocycles. The predicted octanol–water partition coefficient (Wildman–Crippen LogP) is 0.897. The Balaban J connectivity index is 0.820. The number of amides is 3. The van der Waals surface area contributed by atoms with E-state index in [1.807, 2.05) is 12.1 Å². The van der Waals surface area contributed by atoms with E-state index in [0.717, 1.165) is 75.1 Å². The van der Waals surface area contributed by atoms with E-state index < -0.39 is 48.7 Å². The van der Waals surface area contributed by atoms with Crippen molar-refractivity contribution >= 4 is 40.9 Å². The van der Waals surface area contributed by atoms with Crippen LogP contribution >= 0.6 is 0 Å². The molecule has 0 unspecified atom stereocenters. The molecule has 27 heteroatoms. The van der Waals surface area contributed by atoms with Gasteiger partial charge in [-0.05, 0) is 74.0 Å². The first-order valence-corrected chi connectivity index (χ1v) is 26.3. The van der Waals surface area contributed by atoms with Crippen molar-refractivity contribution in [2.75, 3.05) is 45.1 Å². The minimum atomic E-state index is -1.93. The van der Waals surface area contributed by atoms with Crippen LogP contribution in [0.3, 0.4) is 0 Å². The number of carbonyl (C=O) groups is 4. The van der Waals surface area contributed by atoms with Gasteiger partial charge >= 0.3 is 23.8 Å². The van der Waals surface area contributed by atoms with Crippen LogP contribution in [0.2, 0.25) is 0 Å². The van der Waals surface area contributed by atoms with E-state index >= 15 is 0 Å². The van der Waals surface area contributed by atoms with Crippen LogP contribution in [0.15, 0.2) is 47.3 Å². The number of rotatable bonds is 25. The summed E-state index contributed by atoms with van der Waals surface area (Å²) >= 11 is 0. The number of anilines is 1. The fourth-order valence-corrected chi connectivity index (χ4v) is 9.55. The number of aromatic amines is 1. The van der Waals surface area contributed by atoms with Crippen molar-refractivity contribution in [2.45, 2.75) is 141 Å². The highest BCUT2D eigenvalue weighted by molar-refractivity contribution is 5.82. The zero-order valence-corrected chi connectivity index (χ0v) is 43.5. The van der Waals surface area contributed by atoms with Gasteiger partial charge in [-0.1, -0.05) is 50.1 Å². The molecule has 3 aliphatic rings. The Morgan fingerprint density at radius 1 is 0.846 bits per heavy atom. The number of fused-ring (bicyclic) bond motifs is 2. The van der Waals surface area contributed by atoms with E-state index in [9.17, 15) is 44.4 Å². The molecule has 3 aliphatic heterocycles. The molecule has 11 N–H and O–H groups in total. The van der Waals surface area contributed by atoms with E-state index in [2.05, 4.69) is 69.1 Å². The maximum Gasteiger partial charge on any atom is 0.410 e. The highest BCUT2D eigenvalue weighted by atomic mass is 16.7. The second kappa shape index (κ2) is 26.9. The highest BCUT2D eigenvalue weighted by Crippen LogP contribution is 2.31. The Bertz CT molecular complexity index is 2910. The lowest BCUT2D eigenvalue weighted by molar-refractivity contribution is -0.271. The number of carboxylic acid groups (broad SMARTS) is 1. The van der Waals surface area contributed by atoms with Crippen LogP contribution < -0.4 is 37.4 Å². The van der Waals surface area contributed by atoms with Crippen molar-refractivity contribution in [3.05, 3.63) is 86.9 Å². The number of nitrogens with one attached hydrogen (secondary N) is 3. The molecule has 0 spiro atoms. The summed E-state index contributed by atoms with van der Waals surface area (Å²) in [5, 5.41) is 55.3. The zero-order valence-electron chi connectivity index (χ0n) is 43.5. The quantitative estimate of drug-likeness (QED) is 0.0289. The minimum absolute atomic E-state index is 0.0307. The maximum atomic E-state index is 13.5. The van der Waals surface area contributed by atoms with Crippen LogP contribution in [0.4, 0.5) is 10.6 Å². The lowest BCUT2D eigenvalue weighted by atomic mass is 9.95. The highest BCUT2D eigenvalue weighted by Gasteiger charge is 2.48. The van der Waals surface area contributed by atoms with Crippen molar-refractivity contribution in [3.63, 3.8) is 0 Å². The molecule has 0 bridgehead atoms. The van der Waals surface area contributed by atoms with Gasteiger partial charge in [-0.25, -0.2) is 20.3 Å². The number of nitrogens with two attached hydrogens (primary N) is 2. The summed E-state index contributed by atoms with van der Waals surface area (Å²) in [6, 6.07) is 12.9. The molecular formula is C51H69N13O14. The van der Waals surface area contributed by atoms with Crippen LogP contribution in [0, 0.1) is 0 Å². The number of carbonyl (C=O) groups excluding carboxylic acids is 3. The van der Waals surface area contributed by atoms with Gasteiger partial charge in [0.05, 0.1) is 26.3 Å². The largest absolute Gasteiger partial charge is 0.479 e. The van der Waals surface area contributed by atoms with Crippen molar-refractivity contribution < 1.29 is 63.4 Å². The Morgan fingerprint density at radius 3 is 2.33 bits per heavy atom. The number of hydrogen-bond donors (Lipinski definition) is 9. The summed E-state index contributed by atoms with van der Waals surface area (Å²) < 4.78 is 26.2. The fraction of sp³-hybridized carbons (Fsp3) is 0.549. The number of nitrogens with zero attached hydrogens (tertiary/aromatic N) is 8. The lowest BCUT2D eigenvalue weighted by Crippen LogP contribution is -2.61. The normalized spacial score (nSPS) is 19.8. The van der Waals surface area contributed by atoms with E-state index in [1.165, 1.54) is 10.6 Å². The smallest absolute Gasteiger partial charge is 0.410 e. The Kier molecular flexibility index (Phi) is 19.6. The molecule has 78 heavy (non-hydrogen) atoms. The van der Waals surface area contributed by atoms with Crippen LogP contribution in [0.1, 0.15) is 105 Å². The minimum Gasteiger partial charge on any atom is -0.479 e. The molecule has 3 aromatic heterocycles. The van der Waals surface area contributed by atoms with Gasteiger partial charge in [0.1, 0.15) is 42.0 Å². The second-order valence-electron chi connectivity index (χ2n) is 19.6. The van der Waals surface area contributed by atoms with Gasteiger partial charge in [0.25, 0.3) is 0 Å². The molecule has 0 radical (unpaired) electrons.